The quantitative estimate of drug-likeness (QED) is 0.792. The summed E-state index contributed by atoms with van der Waals surface area (Å²) in [5.41, 5.74) is 3.63. The van der Waals surface area contributed by atoms with Crippen LogP contribution in [0.1, 0.15) is 22.7 Å². The van der Waals surface area contributed by atoms with E-state index in [9.17, 15) is 0 Å². The van der Waals surface area contributed by atoms with Crippen LogP contribution >= 0.6 is 0 Å². The van der Waals surface area contributed by atoms with Crippen molar-refractivity contribution < 1.29 is 9.47 Å². The number of ether oxygens (including phenoxy) is 2. The Morgan fingerprint density at radius 1 is 1.00 bits per heavy atom. The zero-order valence-corrected chi connectivity index (χ0v) is 12.9. The summed E-state index contributed by atoms with van der Waals surface area (Å²) in [4.78, 5) is 0. The highest BCUT2D eigenvalue weighted by atomic mass is 16.5. The molecule has 1 N–H and O–H groups in total. The van der Waals surface area contributed by atoms with Crippen LogP contribution in [0.25, 0.3) is 0 Å². The van der Waals surface area contributed by atoms with Crippen molar-refractivity contribution in [3.8, 4) is 5.75 Å². The predicted octanol–water partition coefficient (Wildman–Crippen LogP) is 3.33. The van der Waals surface area contributed by atoms with E-state index in [-0.39, 0.29) is 6.04 Å². The Morgan fingerprint density at radius 3 is 2.38 bits per heavy atom. The van der Waals surface area contributed by atoms with Crippen LogP contribution in [0.5, 0.6) is 5.75 Å². The van der Waals surface area contributed by atoms with Gasteiger partial charge in [-0.25, -0.2) is 0 Å². The zero-order valence-electron chi connectivity index (χ0n) is 12.9. The summed E-state index contributed by atoms with van der Waals surface area (Å²) in [7, 11) is 3.65. The average Bonchev–Trinajstić information content (AvgIpc) is 2.51. The molecule has 21 heavy (non-hydrogen) atoms. The molecule has 0 saturated heterocycles. The highest BCUT2D eigenvalue weighted by Gasteiger charge is 2.16. The minimum absolute atomic E-state index is 0.115. The summed E-state index contributed by atoms with van der Waals surface area (Å²) in [6.07, 6.45) is 0. The molecule has 0 saturated carbocycles. The molecule has 0 aliphatic rings. The van der Waals surface area contributed by atoms with Gasteiger partial charge in [-0.1, -0.05) is 48.0 Å². The highest BCUT2D eigenvalue weighted by molar-refractivity contribution is 5.42. The number of hydrogen-bond acceptors (Lipinski definition) is 3. The van der Waals surface area contributed by atoms with Crippen LogP contribution in [0.15, 0.2) is 48.5 Å². The largest absolute Gasteiger partial charge is 0.491 e. The maximum atomic E-state index is 5.84. The second-order valence-electron chi connectivity index (χ2n) is 5.01. The molecule has 0 bridgehead atoms. The van der Waals surface area contributed by atoms with Crippen LogP contribution in [0.4, 0.5) is 0 Å². The molecule has 1 atom stereocenters. The number of hydrogen-bond donors (Lipinski definition) is 1. The summed E-state index contributed by atoms with van der Waals surface area (Å²) in [6, 6.07) is 16.8. The zero-order chi connectivity index (χ0) is 15.1. The Hall–Kier alpha value is -1.84. The van der Waals surface area contributed by atoms with E-state index in [1.165, 1.54) is 11.1 Å². The molecule has 0 amide bonds. The van der Waals surface area contributed by atoms with E-state index in [0.29, 0.717) is 13.2 Å². The summed E-state index contributed by atoms with van der Waals surface area (Å²) in [5.74, 6) is 0.898. The molecular formula is C18H23NO2. The lowest BCUT2D eigenvalue weighted by molar-refractivity contribution is 0.145. The number of aryl methyl sites for hydroxylation is 1. The summed E-state index contributed by atoms with van der Waals surface area (Å²) in [5, 5.41) is 3.37. The van der Waals surface area contributed by atoms with E-state index >= 15 is 0 Å². The van der Waals surface area contributed by atoms with Crippen molar-refractivity contribution in [2.45, 2.75) is 13.0 Å². The molecule has 0 spiro atoms. The SMILES string of the molecule is CNC(c1ccc(C)cc1)c1ccccc1OCCOC. The van der Waals surface area contributed by atoms with E-state index in [1.54, 1.807) is 7.11 Å². The third-order valence-corrected chi connectivity index (χ3v) is 3.47. The van der Waals surface area contributed by atoms with Gasteiger partial charge in [0.15, 0.2) is 0 Å². The van der Waals surface area contributed by atoms with Gasteiger partial charge in [-0.05, 0) is 25.6 Å². The molecule has 0 aliphatic heterocycles. The van der Waals surface area contributed by atoms with Crippen molar-refractivity contribution >= 4 is 0 Å². The summed E-state index contributed by atoms with van der Waals surface area (Å²) in [6.45, 7) is 3.24. The maximum absolute atomic E-state index is 5.84. The first kappa shape index (κ1) is 15.5. The Morgan fingerprint density at radius 2 is 1.71 bits per heavy atom. The molecule has 0 aliphatic carbocycles. The molecule has 3 heteroatoms. The molecular weight excluding hydrogens is 262 g/mol. The summed E-state index contributed by atoms with van der Waals surface area (Å²) >= 11 is 0. The van der Waals surface area contributed by atoms with Crippen LogP contribution in [0.2, 0.25) is 0 Å². The fourth-order valence-electron chi connectivity index (χ4n) is 2.35. The lowest BCUT2D eigenvalue weighted by Gasteiger charge is -2.21. The van der Waals surface area contributed by atoms with E-state index in [0.717, 1.165) is 11.3 Å². The second kappa shape index (κ2) is 7.81. The molecule has 0 heterocycles. The minimum atomic E-state index is 0.115. The van der Waals surface area contributed by atoms with Gasteiger partial charge in [-0.3, -0.25) is 0 Å². The number of rotatable bonds is 7. The van der Waals surface area contributed by atoms with Crippen LogP contribution in [0.3, 0.4) is 0 Å². The standard InChI is InChI=1S/C18H23NO2/c1-14-8-10-15(11-9-14)18(19-2)16-6-4-5-7-17(16)21-13-12-20-3/h4-11,18-19H,12-13H2,1-3H3. The fourth-order valence-corrected chi connectivity index (χ4v) is 2.35. The lowest BCUT2D eigenvalue weighted by atomic mass is 9.97. The molecule has 0 aromatic heterocycles. The van der Waals surface area contributed by atoms with Gasteiger partial charge >= 0.3 is 0 Å². The maximum Gasteiger partial charge on any atom is 0.124 e. The Balaban J connectivity index is 2.27. The average molecular weight is 285 g/mol. The first-order chi connectivity index (χ1) is 10.3. The normalized spacial score (nSPS) is 12.1. The van der Waals surface area contributed by atoms with E-state index < -0.39 is 0 Å². The van der Waals surface area contributed by atoms with Gasteiger partial charge in [0, 0.05) is 12.7 Å². The number of para-hydroxylation sites is 1. The van der Waals surface area contributed by atoms with Crippen molar-refractivity contribution in [1.82, 2.24) is 5.32 Å². The molecule has 2 aromatic rings. The number of nitrogens with one attached hydrogen (secondary N) is 1. The van der Waals surface area contributed by atoms with Crippen molar-refractivity contribution in [3.05, 3.63) is 65.2 Å². The summed E-state index contributed by atoms with van der Waals surface area (Å²) < 4.78 is 10.9. The van der Waals surface area contributed by atoms with Gasteiger partial charge in [0.05, 0.1) is 12.6 Å². The van der Waals surface area contributed by atoms with Crippen LogP contribution in [-0.4, -0.2) is 27.4 Å². The highest BCUT2D eigenvalue weighted by Crippen LogP contribution is 2.29. The van der Waals surface area contributed by atoms with E-state index in [1.807, 2.05) is 25.2 Å². The topological polar surface area (TPSA) is 30.5 Å². The van der Waals surface area contributed by atoms with Crippen molar-refractivity contribution in [2.75, 3.05) is 27.4 Å². The monoisotopic (exact) mass is 285 g/mol. The number of benzene rings is 2. The first-order valence-corrected chi connectivity index (χ1v) is 7.20. The minimum Gasteiger partial charge on any atom is -0.491 e. The lowest BCUT2D eigenvalue weighted by Crippen LogP contribution is -2.19. The van der Waals surface area contributed by atoms with E-state index in [2.05, 4.69) is 42.6 Å². The molecule has 0 radical (unpaired) electrons. The van der Waals surface area contributed by atoms with Crippen LogP contribution in [0, 0.1) is 6.92 Å². The van der Waals surface area contributed by atoms with E-state index in [4.69, 9.17) is 9.47 Å². The molecule has 112 valence electrons. The van der Waals surface area contributed by atoms with Gasteiger partial charge < -0.3 is 14.8 Å². The van der Waals surface area contributed by atoms with Gasteiger partial charge in [-0.15, -0.1) is 0 Å². The Labute approximate surface area is 126 Å². The molecule has 2 aromatic carbocycles. The van der Waals surface area contributed by atoms with Gasteiger partial charge in [-0.2, -0.15) is 0 Å². The Bertz CT molecular complexity index is 551. The smallest absolute Gasteiger partial charge is 0.124 e. The third kappa shape index (κ3) is 4.06. The van der Waals surface area contributed by atoms with Gasteiger partial charge in [0.1, 0.15) is 12.4 Å². The fraction of sp³-hybridized carbons (Fsp3) is 0.333. The molecule has 3 nitrogen and oxygen atoms in total. The molecule has 0 fully saturated rings. The van der Waals surface area contributed by atoms with Crippen LogP contribution in [-0.2, 0) is 4.74 Å². The third-order valence-electron chi connectivity index (χ3n) is 3.47. The molecule has 1 unspecified atom stereocenters. The van der Waals surface area contributed by atoms with Crippen LogP contribution < -0.4 is 10.1 Å². The number of methoxy groups -OCH3 is 1. The van der Waals surface area contributed by atoms with Gasteiger partial charge in [0.25, 0.3) is 0 Å². The second-order valence-corrected chi connectivity index (χ2v) is 5.01. The van der Waals surface area contributed by atoms with Gasteiger partial charge in [0.2, 0.25) is 0 Å². The van der Waals surface area contributed by atoms with Crippen molar-refractivity contribution in [2.24, 2.45) is 0 Å². The van der Waals surface area contributed by atoms with Crippen molar-refractivity contribution in [1.29, 1.82) is 0 Å². The first-order valence-electron chi connectivity index (χ1n) is 7.20. The predicted molar refractivity (Wildman–Crippen MR) is 85.9 cm³/mol. The Kier molecular flexibility index (Phi) is 5.78. The van der Waals surface area contributed by atoms with Crippen molar-refractivity contribution in [3.63, 3.8) is 0 Å². The molecule has 2 rings (SSSR count).